The lowest BCUT2D eigenvalue weighted by Crippen LogP contribution is -2.43. The van der Waals surface area contributed by atoms with Crippen LogP contribution < -0.4 is 16.2 Å². The summed E-state index contributed by atoms with van der Waals surface area (Å²) in [7, 11) is 0. The van der Waals surface area contributed by atoms with Crippen molar-refractivity contribution in [3.05, 3.63) is 11.9 Å². The van der Waals surface area contributed by atoms with Gasteiger partial charge in [-0.05, 0) is 31.6 Å². The number of hydrazine groups is 1. The number of hydrogen-bond donors (Lipinski definition) is 2. The molecule has 0 radical (unpaired) electrons. The van der Waals surface area contributed by atoms with E-state index in [1.807, 2.05) is 6.07 Å². The van der Waals surface area contributed by atoms with Gasteiger partial charge in [0.05, 0.1) is 0 Å². The van der Waals surface area contributed by atoms with Gasteiger partial charge in [0.2, 0.25) is 0 Å². The first-order valence-corrected chi connectivity index (χ1v) is 7.81. The molecule has 1 saturated carbocycles. The Hall–Kier alpha value is -1.36. The number of fused-ring (bicyclic) bond motifs is 1. The highest BCUT2D eigenvalue weighted by Crippen LogP contribution is 2.39. The topological polar surface area (TPSA) is 67.1 Å². The molecule has 1 aromatic rings. The predicted molar refractivity (Wildman–Crippen MR) is 81.6 cm³/mol. The lowest BCUT2D eigenvalue weighted by molar-refractivity contribution is 0.360. The first-order chi connectivity index (χ1) is 9.69. The Morgan fingerprint density at radius 1 is 1.25 bits per heavy atom. The van der Waals surface area contributed by atoms with Crippen LogP contribution in [-0.4, -0.2) is 22.6 Å². The number of aromatic nitrogens is 2. The van der Waals surface area contributed by atoms with Crippen LogP contribution in [0.25, 0.3) is 0 Å². The zero-order valence-corrected chi connectivity index (χ0v) is 12.5. The zero-order chi connectivity index (χ0) is 14.1. The molecule has 2 atom stereocenters. The normalized spacial score (nSPS) is 25.9. The number of rotatable bonds is 3. The minimum Gasteiger partial charge on any atom is -0.353 e. The minimum absolute atomic E-state index is 0.311. The average molecular weight is 275 g/mol. The van der Waals surface area contributed by atoms with E-state index in [1.165, 1.54) is 32.1 Å². The largest absolute Gasteiger partial charge is 0.353 e. The maximum absolute atomic E-state index is 5.57. The van der Waals surface area contributed by atoms with Gasteiger partial charge in [0.25, 0.3) is 0 Å². The molecule has 5 heteroatoms. The van der Waals surface area contributed by atoms with E-state index in [4.69, 9.17) is 10.8 Å². The van der Waals surface area contributed by atoms with E-state index in [2.05, 4.69) is 29.2 Å². The van der Waals surface area contributed by atoms with Crippen LogP contribution in [-0.2, 0) is 0 Å². The van der Waals surface area contributed by atoms with Gasteiger partial charge in [0.15, 0.2) is 0 Å². The maximum Gasteiger partial charge on any atom is 0.145 e. The summed E-state index contributed by atoms with van der Waals surface area (Å²) in [6.07, 6.45) is 6.69. The summed E-state index contributed by atoms with van der Waals surface area (Å²) < 4.78 is 0. The molecule has 2 heterocycles. The summed E-state index contributed by atoms with van der Waals surface area (Å²) in [6, 6.07) is 2.66. The van der Waals surface area contributed by atoms with Crippen molar-refractivity contribution in [2.75, 3.05) is 16.9 Å². The molecule has 2 aliphatic rings. The molecule has 0 amide bonds. The van der Waals surface area contributed by atoms with Gasteiger partial charge in [-0.15, -0.1) is 0 Å². The van der Waals surface area contributed by atoms with Gasteiger partial charge in [0, 0.05) is 24.6 Å². The Morgan fingerprint density at radius 3 is 2.80 bits per heavy atom. The first-order valence-electron chi connectivity index (χ1n) is 7.81. The van der Waals surface area contributed by atoms with Crippen LogP contribution in [0.5, 0.6) is 0 Å². The summed E-state index contributed by atoms with van der Waals surface area (Å²) in [6.45, 7) is 5.35. The number of nitrogens with one attached hydrogen (secondary N) is 1. The molecule has 3 N–H and O–H groups in total. The lowest BCUT2D eigenvalue weighted by atomic mass is 9.92. The molecule has 2 unspecified atom stereocenters. The summed E-state index contributed by atoms with van der Waals surface area (Å²) in [4.78, 5) is 11.7. The number of nitrogens with two attached hydrogens (primary N) is 1. The van der Waals surface area contributed by atoms with Gasteiger partial charge in [0.1, 0.15) is 17.5 Å². The Labute approximate surface area is 120 Å². The average Bonchev–Trinajstić information content (AvgIpc) is 2.94. The van der Waals surface area contributed by atoms with Crippen LogP contribution in [0.1, 0.15) is 57.7 Å². The third-order valence-electron chi connectivity index (χ3n) is 4.68. The highest BCUT2D eigenvalue weighted by molar-refractivity contribution is 5.50. The highest BCUT2D eigenvalue weighted by atomic mass is 15.3. The van der Waals surface area contributed by atoms with Crippen LogP contribution in [0.2, 0.25) is 0 Å². The Bertz CT molecular complexity index is 473. The summed E-state index contributed by atoms with van der Waals surface area (Å²) in [5.41, 5.74) is 2.68. The monoisotopic (exact) mass is 275 g/mol. The molecule has 0 aromatic carbocycles. The fraction of sp³-hybridized carbons (Fsp3) is 0.733. The van der Waals surface area contributed by atoms with E-state index in [1.54, 1.807) is 0 Å². The second-order valence-corrected chi connectivity index (χ2v) is 6.36. The van der Waals surface area contributed by atoms with Crippen LogP contribution in [0, 0.1) is 5.92 Å². The number of anilines is 2. The van der Waals surface area contributed by atoms with Gasteiger partial charge in [-0.2, -0.15) is 0 Å². The van der Waals surface area contributed by atoms with Gasteiger partial charge >= 0.3 is 0 Å². The van der Waals surface area contributed by atoms with Gasteiger partial charge in [-0.3, -0.25) is 0 Å². The van der Waals surface area contributed by atoms with Gasteiger partial charge in [-0.25, -0.2) is 15.8 Å². The fourth-order valence-electron chi connectivity index (χ4n) is 3.67. The van der Waals surface area contributed by atoms with E-state index in [0.717, 1.165) is 29.9 Å². The van der Waals surface area contributed by atoms with Crippen molar-refractivity contribution in [1.82, 2.24) is 9.97 Å². The molecule has 1 aromatic heterocycles. The Morgan fingerprint density at radius 2 is 2.05 bits per heavy atom. The van der Waals surface area contributed by atoms with Crippen molar-refractivity contribution in [2.24, 2.45) is 11.8 Å². The number of nitrogens with zero attached hydrogens (tertiary/aromatic N) is 3. The van der Waals surface area contributed by atoms with E-state index in [-0.39, 0.29) is 0 Å². The molecule has 1 aliphatic heterocycles. The van der Waals surface area contributed by atoms with E-state index in [9.17, 15) is 0 Å². The highest BCUT2D eigenvalue weighted by Gasteiger charge is 2.35. The van der Waals surface area contributed by atoms with Crippen molar-refractivity contribution in [1.29, 1.82) is 0 Å². The zero-order valence-electron chi connectivity index (χ0n) is 12.5. The minimum atomic E-state index is 0.311. The molecule has 1 aliphatic carbocycles. The summed E-state index contributed by atoms with van der Waals surface area (Å²) in [5, 5.41) is 0. The quantitative estimate of drug-likeness (QED) is 0.655. The SMILES string of the molecule is CC(C)c1nc(NN)cc(N2CCCC3CCCC32)n1. The maximum atomic E-state index is 5.57. The van der Waals surface area contributed by atoms with Gasteiger partial charge < -0.3 is 10.3 Å². The molecular weight excluding hydrogens is 250 g/mol. The smallest absolute Gasteiger partial charge is 0.145 e. The third kappa shape index (κ3) is 2.46. The second kappa shape index (κ2) is 5.56. The fourth-order valence-corrected chi connectivity index (χ4v) is 3.67. The van der Waals surface area contributed by atoms with Crippen LogP contribution in [0.3, 0.4) is 0 Å². The summed E-state index contributed by atoms with van der Waals surface area (Å²) >= 11 is 0. The molecule has 0 bridgehead atoms. The van der Waals surface area contributed by atoms with Crippen molar-refractivity contribution >= 4 is 11.6 Å². The summed E-state index contributed by atoms with van der Waals surface area (Å²) in [5.74, 6) is 9.37. The van der Waals surface area contributed by atoms with E-state index >= 15 is 0 Å². The van der Waals surface area contributed by atoms with E-state index in [0.29, 0.717) is 12.0 Å². The molecule has 3 rings (SSSR count). The molecular formula is C15H25N5. The number of hydrogen-bond acceptors (Lipinski definition) is 5. The molecule has 0 spiro atoms. The molecule has 20 heavy (non-hydrogen) atoms. The number of piperidine rings is 1. The Balaban J connectivity index is 1.93. The first kappa shape index (κ1) is 13.6. The second-order valence-electron chi connectivity index (χ2n) is 6.36. The molecule has 2 fully saturated rings. The molecule has 1 saturated heterocycles. The molecule has 5 nitrogen and oxygen atoms in total. The van der Waals surface area contributed by atoms with Crippen molar-refractivity contribution in [2.45, 2.75) is 57.9 Å². The van der Waals surface area contributed by atoms with E-state index < -0.39 is 0 Å². The Kier molecular flexibility index (Phi) is 3.78. The third-order valence-corrected chi connectivity index (χ3v) is 4.68. The number of nitrogen functional groups attached to an aromatic ring is 1. The van der Waals surface area contributed by atoms with Crippen molar-refractivity contribution in [3.8, 4) is 0 Å². The van der Waals surface area contributed by atoms with Crippen LogP contribution in [0.15, 0.2) is 6.07 Å². The standard InChI is InChI=1S/C15H25N5/c1-10(2)15-17-13(19-16)9-14(18-15)20-8-4-6-11-5-3-7-12(11)20/h9-12H,3-8,16H2,1-2H3,(H,17,18,19). The van der Waals surface area contributed by atoms with Crippen LogP contribution >= 0.6 is 0 Å². The molecule has 110 valence electrons. The lowest BCUT2D eigenvalue weighted by Gasteiger charge is -2.39. The van der Waals surface area contributed by atoms with Crippen molar-refractivity contribution < 1.29 is 0 Å². The predicted octanol–water partition coefficient (Wildman–Crippen LogP) is 2.65. The van der Waals surface area contributed by atoms with Crippen molar-refractivity contribution in [3.63, 3.8) is 0 Å². The van der Waals surface area contributed by atoms with Gasteiger partial charge in [-0.1, -0.05) is 20.3 Å². The van der Waals surface area contributed by atoms with Crippen LogP contribution in [0.4, 0.5) is 11.6 Å².